The van der Waals surface area contributed by atoms with E-state index in [4.69, 9.17) is 0 Å². The molecule has 0 spiro atoms. The minimum atomic E-state index is -5.28. The van der Waals surface area contributed by atoms with Crippen molar-refractivity contribution in [3.05, 3.63) is 119 Å². The number of sulfone groups is 2. The van der Waals surface area contributed by atoms with Crippen LogP contribution in [-0.4, -0.2) is 33.7 Å². The van der Waals surface area contributed by atoms with Crippen molar-refractivity contribution in [2.45, 2.75) is 44.9 Å². The molecule has 4 aromatic carbocycles. The van der Waals surface area contributed by atoms with Crippen LogP contribution in [0.3, 0.4) is 0 Å². The lowest BCUT2D eigenvalue weighted by Gasteiger charge is -2.15. The smallest absolute Gasteiger partial charge is 0.223 e. The lowest BCUT2D eigenvalue weighted by Crippen LogP contribution is -2.20. The van der Waals surface area contributed by atoms with Gasteiger partial charge in [0.15, 0.2) is 19.7 Å². The van der Waals surface area contributed by atoms with Crippen LogP contribution in [-0.2, 0) is 55.0 Å². The molecule has 0 saturated heterocycles. The van der Waals surface area contributed by atoms with Crippen LogP contribution in [0.5, 0.6) is 0 Å². The molecule has 13 heteroatoms. The normalized spacial score (nSPS) is 12.7. The van der Waals surface area contributed by atoms with E-state index in [-0.39, 0.29) is 0 Å². The fourth-order valence-electron chi connectivity index (χ4n) is 4.06. The van der Waals surface area contributed by atoms with Crippen LogP contribution in [0.25, 0.3) is 0 Å². The molecule has 0 aliphatic heterocycles. The summed E-state index contributed by atoms with van der Waals surface area (Å²) >= 11 is 0. The minimum Gasteiger partial charge on any atom is -0.223 e. The average Bonchev–Trinajstić information content (AvgIpc) is 2.88. The third-order valence-corrected chi connectivity index (χ3v) is 12.9. The van der Waals surface area contributed by atoms with Gasteiger partial charge in [-0.15, -0.1) is 3.63 Å². The number of hydrogen-bond donors (Lipinski definition) is 0. The molecule has 0 aliphatic rings. The summed E-state index contributed by atoms with van der Waals surface area (Å²) in [4.78, 5) is -3.05. The van der Waals surface area contributed by atoms with E-state index in [2.05, 4.69) is 3.63 Å². The van der Waals surface area contributed by atoms with Crippen LogP contribution in [0.15, 0.2) is 117 Å². The molecule has 0 bridgehead atoms. The monoisotopic (exact) mass is 634 g/mol. The summed E-state index contributed by atoms with van der Waals surface area (Å²) in [5.74, 6) is -1.10. The van der Waals surface area contributed by atoms with Crippen molar-refractivity contribution in [3.63, 3.8) is 0 Å². The van der Waals surface area contributed by atoms with Gasteiger partial charge < -0.3 is 0 Å². The van der Waals surface area contributed by atoms with E-state index in [0.29, 0.717) is 22.3 Å². The fraction of sp³-hybridized carbons (Fsp3) is 0.143. The molecule has 0 aromatic heterocycles. The molecule has 0 amide bonds. The van der Waals surface area contributed by atoms with Gasteiger partial charge in [0.25, 0.3) is 0 Å². The Morgan fingerprint density at radius 3 is 1.15 bits per heavy atom. The number of benzene rings is 4. The highest BCUT2D eigenvalue weighted by Gasteiger charge is 2.35. The second-order valence-electron chi connectivity index (χ2n) is 9.37. The van der Waals surface area contributed by atoms with Gasteiger partial charge in [-0.2, -0.15) is 16.8 Å². The SMILES string of the molecule is Cc1ccc(S(=O)(=O)OS(=O)(=O)c2ccc(C)cc2S(=O)(=O)Cc2ccccc2)c(S(=O)(=O)Cc2ccccc2)c1. The molecule has 0 saturated carbocycles. The van der Waals surface area contributed by atoms with E-state index in [1.165, 1.54) is 12.1 Å². The minimum absolute atomic E-state index is 0.388. The van der Waals surface area contributed by atoms with Gasteiger partial charge in [0, 0.05) is 0 Å². The molecule has 0 aliphatic carbocycles. The maximum Gasteiger partial charge on any atom is 0.313 e. The van der Waals surface area contributed by atoms with E-state index in [0.717, 1.165) is 24.3 Å². The number of rotatable bonds is 10. The van der Waals surface area contributed by atoms with Gasteiger partial charge in [0.05, 0.1) is 21.3 Å². The zero-order chi connectivity index (χ0) is 30.1. The third kappa shape index (κ3) is 7.11. The van der Waals surface area contributed by atoms with E-state index in [1.807, 2.05) is 0 Å². The van der Waals surface area contributed by atoms with Crippen LogP contribution >= 0.6 is 0 Å². The number of hydrogen-bond acceptors (Lipinski definition) is 9. The predicted octanol–water partition coefficient (Wildman–Crippen LogP) is 4.35. The van der Waals surface area contributed by atoms with E-state index in [9.17, 15) is 33.7 Å². The van der Waals surface area contributed by atoms with Gasteiger partial charge in [-0.05, 0) is 60.4 Å². The highest BCUT2D eigenvalue weighted by Crippen LogP contribution is 2.32. The second kappa shape index (κ2) is 11.5. The predicted molar refractivity (Wildman–Crippen MR) is 152 cm³/mol. The van der Waals surface area contributed by atoms with Crippen molar-refractivity contribution in [3.8, 4) is 0 Å². The summed E-state index contributed by atoms with van der Waals surface area (Å²) in [6.45, 7) is 3.09. The first-order valence-corrected chi connectivity index (χ1v) is 18.2. The molecule has 0 radical (unpaired) electrons. The molecule has 9 nitrogen and oxygen atoms in total. The standard InChI is InChI=1S/C28H26O9S4/c1-21-13-15-25(27(17-21)38(29,30)19-23-9-5-3-6-10-23)40(33,34)37-41(35,36)26-16-14-22(2)18-28(26)39(31,32)20-24-11-7-4-8-12-24/h3-18H,19-20H2,1-2H3. The molecule has 0 atom stereocenters. The van der Waals surface area contributed by atoms with Crippen molar-refractivity contribution in [2.24, 2.45) is 0 Å². The molecule has 0 unspecified atom stereocenters. The van der Waals surface area contributed by atoms with Gasteiger partial charge in [-0.3, -0.25) is 0 Å². The number of aryl methyl sites for hydroxylation is 2. The van der Waals surface area contributed by atoms with Gasteiger partial charge in [0.2, 0.25) is 0 Å². The van der Waals surface area contributed by atoms with Crippen LogP contribution in [0.2, 0.25) is 0 Å². The van der Waals surface area contributed by atoms with E-state index >= 15 is 0 Å². The van der Waals surface area contributed by atoms with Crippen LogP contribution in [0, 0.1) is 13.8 Å². The Bertz CT molecular complexity index is 1870. The molecule has 0 heterocycles. The molecular formula is C28H26O9S4. The van der Waals surface area contributed by atoms with Crippen LogP contribution < -0.4 is 0 Å². The van der Waals surface area contributed by atoms with Gasteiger partial charge >= 0.3 is 20.2 Å². The zero-order valence-corrected chi connectivity index (χ0v) is 25.2. The zero-order valence-electron chi connectivity index (χ0n) is 22.0. The Kier molecular flexibility index (Phi) is 8.58. The first-order valence-electron chi connectivity index (χ1n) is 12.1. The fourth-order valence-corrected chi connectivity index (χ4v) is 11.1. The molecule has 0 fully saturated rings. The Balaban J connectivity index is 1.77. The lowest BCUT2D eigenvalue weighted by atomic mass is 10.2. The highest BCUT2D eigenvalue weighted by molar-refractivity contribution is 8.01. The maximum atomic E-state index is 13.4. The molecule has 4 rings (SSSR count). The second-order valence-corrected chi connectivity index (χ2v) is 16.5. The first kappa shape index (κ1) is 30.6. The molecule has 0 N–H and O–H groups in total. The quantitative estimate of drug-likeness (QED) is 0.249. The molecule has 4 aromatic rings. The molecular weight excluding hydrogens is 609 g/mol. The Hall–Kier alpha value is -3.36. The van der Waals surface area contributed by atoms with Crippen molar-refractivity contribution in [1.29, 1.82) is 0 Å². The lowest BCUT2D eigenvalue weighted by molar-refractivity contribution is 0.457. The first-order chi connectivity index (χ1) is 19.1. The highest BCUT2D eigenvalue weighted by atomic mass is 32.3. The summed E-state index contributed by atoms with van der Waals surface area (Å²) in [5.41, 5.74) is 1.59. The van der Waals surface area contributed by atoms with E-state index in [1.54, 1.807) is 74.5 Å². The van der Waals surface area contributed by atoms with Gasteiger partial charge in [-0.25, -0.2) is 16.8 Å². The van der Waals surface area contributed by atoms with Gasteiger partial charge in [-0.1, -0.05) is 72.8 Å². The third-order valence-electron chi connectivity index (χ3n) is 5.99. The van der Waals surface area contributed by atoms with Crippen molar-refractivity contribution < 1.29 is 37.3 Å². The Morgan fingerprint density at radius 2 is 0.805 bits per heavy atom. The van der Waals surface area contributed by atoms with Crippen molar-refractivity contribution in [2.75, 3.05) is 0 Å². The molecule has 216 valence electrons. The van der Waals surface area contributed by atoms with Crippen molar-refractivity contribution in [1.82, 2.24) is 0 Å². The summed E-state index contributed by atoms with van der Waals surface area (Å²) in [6, 6.07) is 22.8. The summed E-state index contributed by atoms with van der Waals surface area (Å²) in [5, 5.41) is 0. The van der Waals surface area contributed by atoms with E-state index < -0.39 is 71.0 Å². The largest absolute Gasteiger partial charge is 0.313 e. The summed E-state index contributed by atoms with van der Waals surface area (Å²) in [6.07, 6.45) is 0. The van der Waals surface area contributed by atoms with Crippen molar-refractivity contribution >= 4 is 39.9 Å². The van der Waals surface area contributed by atoms with Crippen LogP contribution in [0.4, 0.5) is 0 Å². The topological polar surface area (TPSA) is 146 Å². The summed E-state index contributed by atoms with van der Waals surface area (Å²) < 4.78 is 111. The average molecular weight is 635 g/mol. The van der Waals surface area contributed by atoms with Gasteiger partial charge in [0.1, 0.15) is 9.79 Å². The Morgan fingerprint density at radius 1 is 0.463 bits per heavy atom. The Labute approximate surface area is 240 Å². The van der Waals surface area contributed by atoms with Crippen LogP contribution in [0.1, 0.15) is 22.3 Å². The maximum absolute atomic E-state index is 13.4. The summed E-state index contributed by atoms with van der Waals surface area (Å²) in [7, 11) is -19.1. The molecule has 41 heavy (non-hydrogen) atoms.